The minimum atomic E-state index is 1.04. The Labute approximate surface area is 101 Å². The second kappa shape index (κ2) is 7.01. The molecule has 0 N–H and O–H groups in total. The number of aryl methyl sites for hydroxylation is 1. The maximum Gasteiger partial charge on any atom is 0.105 e. The van der Waals surface area contributed by atoms with Gasteiger partial charge in [0.25, 0.3) is 0 Å². The van der Waals surface area contributed by atoms with Gasteiger partial charge >= 0.3 is 0 Å². The highest BCUT2D eigenvalue weighted by molar-refractivity contribution is 9.09. The maximum atomic E-state index is 4.22. The van der Waals surface area contributed by atoms with Crippen molar-refractivity contribution >= 4 is 15.9 Å². The van der Waals surface area contributed by atoms with Gasteiger partial charge in [0.1, 0.15) is 5.82 Å². The van der Waals surface area contributed by atoms with Gasteiger partial charge < -0.3 is 9.47 Å². The average molecular weight is 274 g/mol. The first kappa shape index (κ1) is 12.7. The van der Waals surface area contributed by atoms with E-state index >= 15 is 0 Å². The topological polar surface area (TPSA) is 21.1 Å². The molecule has 0 aliphatic carbocycles. The van der Waals surface area contributed by atoms with Gasteiger partial charge in [0.05, 0.1) is 0 Å². The first-order valence-electron chi connectivity index (χ1n) is 5.54. The molecule has 0 radical (unpaired) electrons. The van der Waals surface area contributed by atoms with E-state index in [-0.39, 0.29) is 0 Å². The summed E-state index contributed by atoms with van der Waals surface area (Å²) in [5.74, 6) is 1.10. The molecule has 0 fully saturated rings. The molecular formula is C11H20BrN3. The fraction of sp³-hybridized carbons (Fsp3) is 0.727. The molecule has 0 spiro atoms. The molecule has 0 aliphatic heterocycles. The number of nitrogens with zero attached hydrogens (tertiary/aromatic N) is 3. The Balaban J connectivity index is 2.36. The van der Waals surface area contributed by atoms with Gasteiger partial charge in [-0.05, 0) is 19.9 Å². The Morgan fingerprint density at radius 3 is 2.73 bits per heavy atom. The minimum absolute atomic E-state index is 1.04. The van der Waals surface area contributed by atoms with Crippen molar-refractivity contribution in [2.24, 2.45) is 0 Å². The molecule has 0 saturated heterocycles. The third-order valence-corrected chi connectivity index (χ3v) is 2.88. The Hall–Kier alpha value is -0.350. The Morgan fingerprint density at radius 1 is 1.40 bits per heavy atom. The van der Waals surface area contributed by atoms with Gasteiger partial charge in [0, 0.05) is 37.4 Å². The van der Waals surface area contributed by atoms with Crippen LogP contribution in [0.15, 0.2) is 12.4 Å². The van der Waals surface area contributed by atoms with Crippen molar-refractivity contribution in [1.29, 1.82) is 0 Å². The van der Waals surface area contributed by atoms with Crippen LogP contribution in [0.4, 0.5) is 0 Å². The minimum Gasteiger partial charge on any atom is -0.334 e. The van der Waals surface area contributed by atoms with Crippen LogP contribution >= 0.6 is 15.9 Å². The summed E-state index contributed by atoms with van der Waals surface area (Å²) in [7, 11) is 0. The summed E-state index contributed by atoms with van der Waals surface area (Å²) >= 11 is 3.49. The number of halogens is 1. The molecule has 86 valence electrons. The number of imidazole rings is 1. The zero-order valence-corrected chi connectivity index (χ0v) is 11.2. The molecule has 0 saturated carbocycles. The first-order chi connectivity index (χ1) is 7.27. The largest absolute Gasteiger partial charge is 0.334 e. The Kier molecular flexibility index (Phi) is 5.95. The fourth-order valence-electron chi connectivity index (χ4n) is 1.66. The summed E-state index contributed by atoms with van der Waals surface area (Å²) in [5, 5.41) is 1.05. The Bertz CT molecular complexity index is 267. The standard InChI is InChI=1S/C11H20BrN3/c1-3-6-14(7-4-12)9-10-15-8-5-13-11(15)2/h5,8H,3-4,6-7,9-10H2,1-2H3. The van der Waals surface area contributed by atoms with Crippen molar-refractivity contribution in [1.82, 2.24) is 14.5 Å². The van der Waals surface area contributed by atoms with Crippen molar-refractivity contribution < 1.29 is 0 Å². The fourth-order valence-corrected chi connectivity index (χ4v) is 2.16. The molecule has 0 atom stereocenters. The lowest BCUT2D eigenvalue weighted by molar-refractivity contribution is 0.278. The van der Waals surface area contributed by atoms with E-state index < -0.39 is 0 Å². The summed E-state index contributed by atoms with van der Waals surface area (Å²) in [6, 6.07) is 0. The number of aromatic nitrogens is 2. The number of rotatable bonds is 7. The van der Waals surface area contributed by atoms with Crippen LogP contribution in [-0.2, 0) is 6.54 Å². The molecule has 1 heterocycles. The smallest absolute Gasteiger partial charge is 0.105 e. The van der Waals surface area contributed by atoms with Crippen LogP contribution in [0.1, 0.15) is 19.2 Å². The normalized spacial score (nSPS) is 11.2. The molecule has 1 aromatic heterocycles. The van der Waals surface area contributed by atoms with Gasteiger partial charge in [-0.25, -0.2) is 4.98 Å². The Morgan fingerprint density at radius 2 is 2.20 bits per heavy atom. The van der Waals surface area contributed by atoms with Gasteiger partial charge in [0.2, 0.25) is 0 Å². The van der Waals surface area contributed by atoms with Crippen LogP contribution < -0.4 is 0 Å². The highest BCUT2D eigenvalue weighted by atomic mass is 79.9. The molecule has 1 aromatic rings. The van der Waals surface area contributed by atoms with E-state index in [1.807, 2.05) is 12.4 Å². The summed E-state index contributed by atoms with van der Waals surface area (Å²) in [4.78, 5) is 6.70. The summed E-state index contributed by atoms with van der Waals surface area (Å²) in [6.07, 6.45) is 5.13. The number of alkyl halides is 1. The third kappa shape index (κ3) is 4.34. The predicted molar refractivity (Wildman–Crippen MR) is 67.5 cm³/mol. The van der Waals surface area contributed by atoms with Crippen LogP contribution in [0, 0.1) is 6.92 Å². The van der Waals surface area contributed by atoms with Gasteiger partial charge in [-0.15, -0.1) is 0 Å². The molecule has 3 nitrogen and oxygen atoms in total. The highest BCUT2D eigenvalue weighted by Crippen LogP contribution is 1.99. The molecule has 0 unspecified atom stereocenters. The number of hydrogen-bond acceptors (Lipinski definition) is 2. The van der Waals surface area contributed by atoms with E-state index in [0.29, 0.717) is 0 Å². The van der Waals surface area contributed by atoms with Gasteiger partial charge in [-0.1, -0.05) is 22.9 Å². The van der Waals surface area contributed by atoms with Crippen molar-refractivity contribution in [2.75, 3.05) is 25.0 Å². The maximum absolute atomic E-state index is 4.22. The van der Waals surface area contributed by atoms with E-state index in [0.717, 1.165) is 30.8 Å². The second-order valence-electron chi connectivity index (χ2n) is 3.70. The summed E-state index contributed by atoms with van der Waals surface area (Å²) < 4.78 is 2.21. The van der Waals surface area contributed by atoms with E-state index in [2.05, 4.69) is 44.2 Å². The quantitative estimate of drug-likeness (QED) is 0.711. The van der Waals surface area contributed by atoms with Gasteiger partial charge in [0.15, 0.2) is 0 Å². The lowest BCUT2D eigenvalue weighted by Gasteiger charge is -2.20. The monoisotopic (exact) mass is 273 g/mol. The van der Waals surface area contributed by atoms with Crippen LogP contribution in [0.3, 0.4) is 0 Å². The molecule has 15 heavy (non-hydrogen) atoms. The molecule has 0 bridgehead atoms. The number of hydrogen-bond donors (Lipinski definition) is 0. The van der Waals surface area contributed by atoms with Crippen LogP contribution in [0.25, 0.3) is 0 Å². The summed E-state index contributed by atoms with van der Waals surface area (Å²) in [6.45, 7) is 8.73. The average Bonchev–Trinajstić information content (AvgIpc) is 2.61. The molecule has 0 aromatic carbocycles. The van der Waals surface area contributed by atoms with E-state index in [1.165, 1.54) is 13.0 Å². The molecule has 0 amide bonds. The predicted octanol–water partition coefficient (Wildman–Crippen LogP) is 2.30. The van der Waals surface area contributed by atoms with Crippen LogP contribution in [0.2, 0.25) is 0 Å². The van der Waals surface area contributed by atoms with Crippen molar-refractivity contribution in [3.8, 4) is 0 Å². The van der Waals surface area contributed by atoms with E-state index in [1.54, 1.807) is 0 Å². The second-order valence-corrected chi connectivity index (χ2v) is 4.49. The molecule has 4 heteroatoms. The highest BCUT2D eigenvalue weighted by Gasteiger charge is 2.03. The zero-order chi connectivity index (χ0) is 11.1. The van der Waals surface area contributed by atoms with Gasteiger partial charge in [-0.2, -0.15) is 0 Å². The molecule has 1 rings (SSSR count). The lowest BCUT2D eigenvalue weighted by Crippen LogP contribution is -2.30. The van der Waals surface area contributed by atoms with Crippen molar-refractivity contribution in [3.05, 3.63) is 18.2 Å². The first-order valence-corrected chi connectivity index (χ1v) is 6.66. The third-order valence-electron chi connectivity index (χ3n) is 2.52. The molecular weight excluding hydrogens is 254 g/mol. The van der Waals surface area contributed by atoms with Crippen LogP contribution in [0.5, 0.6) is 0 Å². The zero-order valence-electron chi connectivity index (χ0n) is 9.62. The molecule has 0 aliphatic rings. The van der Waals surface area contributed by atoms with Crippen molar-refractivity contribution in [3.63, 3.8) is 0 Å². The van der Waals surface area contributed by atoms with E-state index in [9.17, 15) is 0 Å². The van der Waals surface area contributed by atoms with Gasteiger partial charge in [-0.3, -0.25) is 0 Å². The van der Waals surface area contributed by atoms with Crippen LogP contribution in [-0.4, -0.2) is 39.4 Å². The summed E-state index contributed by atoms with van der Waals surface area (Å²) in [5.41, 5.74) is 0. The SMILES string of the molecule is CCCN(CCBr)CCn1ccnc1C. The lowest BCUT2D eigenvalue weighted by atomic mass is 10.4. The van der Waals surface area contributed by atoms with E-state index in [4.69, 9.17) is 0 Å². The van der Waals surface area contributed by atoms with Crippen molar-refractivity contribution in [2.45, 2.75) is 26.8 Å².